The summed E-state index contributed by atoms with van der Waals surface area (Å²) in [6, 6.07) is 7.74. The summed E-state index contributed by atoms with van der Waals surface area (Å²) < 4.78 is 5.37. The van der Waals surface area contributed by atoms with Crippen LogP contribution < -0.4 is 5.32 Å². The molecule has 1 aromatic carbocycles. The van der Waals surface area contributed by atoms with Gasteiger partial charge in [0.25, 0.3) is 5.91 Å². The Labute approximate surface area is 121 Å². The predicted molar refractivity (Wildman–Crippen MR) is 81.2 cm³/mol. The van der Waals surface area contributed by atoms with Gasteiger partial charge in [-0.25, -0.2) is 0 Å². The van der Waals surface area contributed by atoms with E-state index < -0.39 is 0 Å². The highest BCUT2D eigenvalue weighted by Gasteiger charge is 2.24. The highest BCUT2D eigenvalue weighted by Crippen LogP contribution is 2.17. The molecular formula is C16H24N2O2. The van der Waals surface area contributed by atoms with Crippen molar-refractivity contribution in [3.63, 3.8) is 0 Å². The van der Waals surface area contributed by atoms with Crippen molar-refractivity contribution in [2.75, 3.05) is 32.1 Å². The molecule has 1 aromatic rings. The lowest BCUT2D eigenvalue weighted by Gasteiger charge is -2.32. The van der Waals surface area contributed by atoms with Crippen molar-refractivity contribution < 1.29 is 9.53 Å². The molecule has 0 bridgehead atoms. The molecule has 0 saturated carbocycles. The molecule has 1 aliphatic heterocycles. The smallest absolute Gasteiger partial charge is 0.253 e. The number of methoxy groups -OCH3 is 1. The van der Waals surface area contributed by atoms with E-state index in [-0.39, 0.29) is 12.0 Å². The first-order chi connectivity index (χ1) is 9.74. The van der Waals surface area contributed by atoms with E-state index in [4.69, 9.17) is 4.74 Å². The van der Waals surface area contributed by atoms with Gasteiger partial charge in [0.15, 0.2) is 0 Å². The number of benzene rings is 1. The maximum Gasteiger partial charge on any atom is 0.253 e. The molecule has 0 aliphatic carbocycles. The Morgan fingerprint density at radius 1 is 1.40 bits per heavy atom. The molecule has 0 radical (unpaired) electrons. The first kappa shape index (κ1) is 14.9. The largest absolute Gasteiger partial charge is 0.385 e. The number of likely N-dealkylation sites (tertiary alicyclic amines) is 1. The Kier molecular flexibility index (Phi) is 5.41. The third kappa shape index (κ3) is 3.73. The first-order valence-corrected chi connectivity index (χ1v) is 7.40. The second-order valence-electron chi connectivity index (χ2n) is 5.26. The fourth-order valence-electron chi connectivity index (χ4n) is 2.50. The summed E-state index contributed by atoms with van der Waals surface area (Å²) >= 11 is 0. The number of hydrogen-bond acceptors (Lipinski definition) is 3. The maximum atomic E-state index is 12.4. The van der Waals surface area contributed by atoms with Crippen molar-refractivity contribution in [1.29, 1.82) is 0 Å². The van der Waals surface area contributed by atoms with Crippen molar-refractivity contribution in [2.24, 2.45) is 0 Å². The Morgan fingerprint density at radius 2 is 2.15 bits per heavy atom. The van der Waals surface area contributed by atoms with Crippen molar-refractivity contribution in [3.05, 3.63) is 29.8 Å². The molecular weight excluding hydrogens is 252 g/mol. The third-order valence-electron chi connectivity index (χ3n) is 3.71. The molecule has 110 valence electrons. The van der Waals surface area contributed by atoms with Crippen molar-refractivity contribution in [3.8, 4) is 0 Å². The zero-order valence-electron chi connectivity index (χ0n) is 12.4. The van der Waals surface area contributed by atoms with Gasteiger partial charge in [-0.1, -0.05) is 6.92 Å². The number of anilines is 1. The molecule has 4 heteroatoms. The summed E-state index contributed by atoms with van der Waals surface area (Å²) in [6.07, 6.45) is 3.33. The summed E-state index contributed by atoms with van der Waals surface area (Å²) in [5.41, 5.74) is 1.82. The summed E-state index contributed by atoms with van der Waals surface area (Å²) in [4.78, 5) is 14.3. The monoisotopic (exact) mass is 276 g/mol. The van der Waals surface area contributed by atoms with E-state index in [1.165, 1.54) is 0 Å². The van der Waals surface area contributed by atoms with E-state index in [9.17, 15) is 4.79 Å². The third-order valence-corrected chi connectivity index (χ3v) is 3.71. The topological polar surface area (TPSA) is 41.6 Å². The lowest BCUT2D eigenvalue weighted by atomic mass is 10.1. The van der Waals surface area contributed by atoms with Crippen LogP contribution in [0.2, 0.25) is 0 Å². The average molecular weight is 276 g/mol. The summed E-state index contributed by atoms with van der Waals surface area (Å²) in [7, 11) is 1.72. The van der Waals surface area contributed by atoms with Gasteiger partial charge in [-0.15, -0.1) is 0 Å². The van der Waals surface area contributed by atoms with Gasteiger partial charge < -0.3 is 15.0 Å². The number of piperidine rings is 1. The molecule has 1 N–H and O–H groups in total. The lowest BCUT2D eigenvalue weighted by Crippen LogP contribution is -2.42. The zero-order chi connectivity index (χ0) is 14.4. The van der Waals surface area contributed by atoms with Gasteiger partial charge in [0.05, 0.1) is 6.10 Å². The number of nitrogens with one attached hydrogen (secondary N) is 1. The van der Waals surface area contributed by atoms with Crippen molar-refractivity contribution in [1.82, 2.24) is 4.90 Å². The van der Waals surface area contributed by atoms with Gasteiger partial charge in [0.1, 0.15) is 0 Å². The van der Waals surface area contributed by atoms with Gasteiger partial charge in [0, 0.05) is 38.0 Å². The number of nitrogens with zero attached hydrogens (tertiary/aromatic N) is 1. The Morgan fingerprint density at radius 3 is 2.80 bits per heavy atom. The minimum absolute atomic E-state index is 0.105. The van der Waals surface area contributed by atoms with Crippen LogP contribution in [0.4, 0.5) is 5.69 Å². The Hall–Kier alpha value is -1.55. The molecule has 1 unspecified atom stereocenters. The molecule has 4 nitrogen and oxygen atoms in total. The lowest BCUT2D eigenvalue weighted by molar-refractivity contribution is 0.0269. The van der Waals surface area contributed by atoms with Crippen LogP contribution >= 0.6 is 0 Å². The number of carbonyl (C=O) groups is 1. The minimum atomic E-state index is 0.105. The number of hydrogen-bond donors (Lipinski definition) is 1. The van der Waals surface area contributed by atoms with E-state index in [2.05, 4.69) is 12.2 Å². The highest BCUT2D eigenvalue weighted by molar-refractivity contribution is 5.94. The second-order valence-corrected chi connectivity index (χ2v) is 5.26. The molecule has 2 rings (SSSR count). The van der Waals surface area contributed by atoms with Crippen LogP contribution in [-0.2, 0) is 4.74 Å². The van der Waals surface area contributed by atoms with Crippen LogP contribution in [0.3, 0.4) is 0 Å². The fraction of sp³-hybridized carbons (Fsp3) is 0.562. The molecule has 1 aliphatic rings. The number of carbonyl (C=O) groups excluding carboxylic acids is 1. The highest BCUT2D eigenvalue weighted by atomic mass is 16.5. The van der Waals surface area contributed by atoms with E-state index >= 15 is 0 Å². The quantitative estimate of drug-likeness (QED) is 0.899. The van der Waals surface area contributed by atoms with Crippen LogP contribution in [0.15, 0.2) is 24.3 Å². The molecule has 1 heterocycles. The van der Waals surface area contributed by atoms with Crippen LogP contribution in [0.5, 0.6) is 0 Å². The standard InChI is InChI=1S/C16H24N2O2/c1-3-10-17-14-8-6-13(7-9-14)16(19)18-11-4-5-15(12-18)20-2/h6-9,15,17H,3-5,10-12H2,1-2H3. The Balaban J connectivity index is 1.98. The molecule has 1 saturated heterocycles. The summed E-state index contributed by atoms with van der Waals surface area (Å²) in [5.74, 6) is 0.105. The van der Waals surface area contributed by atoms with E-state index in [0.29, 0.717) is 6.54 Å². The molecule has 0 aromatic heterocycles. The normalized spacial score (nSPS) is 18.9. The van der Waals surface area contributed by atoms with Gasteiger partial charge >= 0.3 is 0 Å². The zero-order valence-corrected chi connectivity index (χ0v) is 12.4. The average Bonchev–Trinajstić information content (AvgIpc) is 2.52. The molecule has 20 heavy (non-hydrogen) atoms. The fourth-order valence-corrected chi connectivity index (χ4v) is 2.50. The maximum absolute atomic E-state index is 12.4. The van der Waals surface area contributed by atoms with E-state index in [1.807, 2.05) is 29.2 Å². The number of ether oxygens (including phenoxy) is 1. The van der Waals surface area contributed by atoms with Gasteiger partial charge in [-0.05, 0) is 43.5 Å². The van der Waals surface area contributed by atoms with Gasteiger partial charge in [0.2, 0.25) is 0 Å². The van der Waals surface area contributed by atoms with Crippen molar-refractivity contribution in [2.45, 2.75) is 32.3 Å². The second kappa shape index (κ2) is 7.29. The van der Waals surface area contributed by atoms with Crippen LogP contribution in [0, 0.1) is 0 Å². The van der Waals surface area contributed by atoms with Crippen LogP contribution in [0.1, 0.15) is 36.5 Å². The predicted octanol–water partition coefficient (Wildman–Crippen LogP) is 2.76. The first-order valence-electron chi connectivity index (χ1n) is 7.40. The summed E-state index contributed by atoms with van der Waals surface area (Å²) in [5, 5.41) is 3.31. The van der Waals surface area contributed by atoms with Gasteiger partial charge in [-0.2, -0.15) is 0 Å². The van der Waals surface area contributed by atoms with E-state index in [0.717, 1.165) is 43.6 Å². The van der Waals surface area contributed by atoms with Gasteiger partial charge in [-0.3, -0.25) is 4.79 Å². The number of amides is 1. The molecule has 1 fully saturated rings. The van der Waals surface area contributed by atoms with Crippen LogP contribution in [0.25, 0.3) is 0 Å². The Bertz CT molecular complexity index is 431. The molecule has 1 amide bonds. The summed E-state index contributed by atoms with van der Waals surface area (Å²) in [6.45, 7) is 4.61. The van der Waals surface area contributed by atoms with E-state index in [1.54, 1.807) is 7.11 Å². The molecule has 0 spiro atoms. The number of rotatable bonds is 5. The SMILES string of the molecule is CCCNc1ccc(C(=O)N2CCCC(OC)C2)cc1. The van der Waals surface area contributed by atoms with Crippen LogP contribution in [-0.4, -0.2) is 43.7 Å². The molecule has 1 atom stereocenters. The minimum Gasteiger partial charge on any atom is -0.385 e. The van der Waals surface area contributed by atoms with Crippen molar-refractivity contribution >= 4 is 11.6 Å².